The minimum atomic E-state index is 0.117. The van der Waals surface area contributed by atoms with Gasteiger partial charge in [0, 0.05) is 18.1 Å². The van der Waals surface area contributed by atoms with Crippen LogP contribution in [0.4, 0.5) is 0 Å². The molecule has 0 fully saturated rings. The van der Waals surface area contributed by atoms with Crippen molar-refractivity contribution in [2.24, 2.45) is 5.92 Å². The van der Waals surface area contributed by atoms with Crippen LogP contribution in [0.3, 0.4) is 0 Å². The third kappa shape index (κ3) is 3.18. The van der Waals surface area contributed by atoms with E-state index >= 15 is 0 Å². The van der Waals surface area contributed by atoms with Gasteiger partial charge in [0.1, 0.15) is 12.0 Å². The highest BCUT2D eigenvalue weighted by molar-refractivity contribution is 5.74. The normalized spacial score (nSPS) is 12.1. The average molecular weight is 194 g/mol. The van der Waals surface area contributed by atoms with Crippen LogP contribution in [-0.4, -0.2) is 24.6 Å². The van der Waals surface area contributed by atoms with E-state index in [2.05, 4.69) is 0 Å². The van der Waals surface area contributed by atoms with Crippen LogP contribution in [0.25, 0.3) is 0 Å². The zero-order valence-corrected chi connectivity index (χ0v) is 8.14. The van der Waals surface area contributed by atoms with Gasteiger partial charge in [0.25, 0.3) is 0 Å². The molecule has 0 aromatic heterocycles. The fourth-order valence-corrected chi connectivity index (χ4v) is 0.934. The van der Waals surface area contributed by atoms with Crippen LogP contribution in [0, 0.1) is 5.92 Å². The Kier molecular flexibility index (Phi) is 4.13. The summed E-state index contributed by atoms with van der Waals surface area (Å²) in [6, 6.07) is 6.89. The lowest BCUT2D eigenvalue weighted by atomic mass is 10.2. The van der Waals surface area contributed by atoms with Gasteiger partial charge < -0.3 is 9.84 Å². The largest absolute Gasteiger partial charge is 0.493 e. The van der Waals surface area contributed by atoms with Crippen LogP contribution in [0.2, 0.25) is 0 Å². The second kappa shape index (κ2) is 5.40. The van der Waals surface area contributed by atoms with Gasteiger partial charge in [-0.3, -0.25) is 4.79 Å². The lowest BCUT2D eigenvalue weighted by molar-refractivity contribution is 0.112. The Balaban J connectivity index is 2.47. The number of benzene rings is 1. The van der Waals surface area contributed by atoms with Gasteiger partial charge >= 0.3 is 0 Å². The fourth-order valence-electron chi connectivity index (χ4n) is 0.934. The molecule has 14 heavy (non-hydrogen) atoms. The predicted octanol–water partition coefficient (Wildman–Crippen LogP) is 1.51. The number of aldehydes is 1. The summed E-state index contributed by atoms with van der Waals surface area (Å²) in [4.78, 5) is 10.4. The lowest BCUT2D eigenvalue weighted by Crippen LogP contribution is -2.11. The maximum absolute atomic E-state index is 10.4. The molecule has 0 aliphatic heterocycles. The molecule has 3 heteroatoms. The molecule has 0 spiro atoms. The number of hydrogen-bond donors (Lipinski definition) is 1. The van der Waals surface area contributed by atoms with Crippen molar-refractivity contribution >= 4 is 6.29 Å². The minimum Gasteiger partial charge on any atom is -0.493 e. The van der Waals surface area contributed by atoms with Crippen molar-refractivity contribution in [3.8, 4) is 5.75 Å². The highest BCUT2D eigenvalue weighted by atomic mass is 16.5. The van der Waals surface area contributed by atoms with Crippen molar-refractivity contribution in [3.63, 3.8) is 0 Å². The Morgan fingerprint density at radius 3 is 2.57 bits per heavy atom. The van der Waals surface area contributed by atoms with E-state index in [0.717, 1.165) is 12.0 Å². The maximum atomic E-state index is 10.4. The molecule has 1 atom stereocenters. The van der Waals surface area contributed by atoms with E-state index in [9.17, 15) is 4.79 Å². The van der Waals surface area contributed by atoms with Gasteiger partial charge in [-0.2, -0.15) is 0 Å². The second-order valence-electron chi connectivity index (χ2n) is 3.29. The first-order chi connectivity index (χ1) is 6.76. The Bertz CT molecular complexity index is 279. The standard InChI is InChI=1S/C11H14O3/c1-9(6-12)8-14-11-4-2-10(7-13)3-5-11/h2-5,7,9,12H,6,8H2,1H3. The van der Waals surface area contributed by atoms with Crippen molar-refractivity contribution in [2.75, 3.05) is 13.2 Å². The summed E-state index contributed by atoms with van der Waals surface area (Å²) in [5.74, 6) is 0.844. The average Bonchev–Trinajstić information content (AvgIpc) is 2.26. The molecule has 1 aromatic carbocycles. The summed E-state index contributed by atoms with van der Waals surface area (Å²) >= 11 is 0. The third-order valence-corrected chi connectivity index (χ3v) is 1.86. The molecule has 0 heterocycles. The van der Waals surface area contributed by atoms with Crippen LogP contribution in [0.1, 0.15) is 17.3 Å². The van der Waals surface area contributed by atoms with Crippen LogP contribution in [0.5, 0.6) is 5.75 Å². The number of aliphatic hydroxyl groups excluding tert-OH is 1. The molecule has 1 aromatic rings. The smallest absolute Gasteiger partial charge is 0.150 e. The van der Waals surface area contributed by atoms with E-state index < -0.39 is 0 Å². The monoisotopic (exact) mass is 194 g/mol. The molecule has 3 nitrogen and oxygen atoms in total. The topological polar surface area (TPSA) is 46.5 Å². The van der Waals surface area contributed by atoms with Gasteiger partial charge in [0.15, 0.2) is 0 Å². The number of hydrogen-bond acceptors (Lipinski definition) is 3. The van der Waals surface area contributed by atoms with E-state index in [-0.39, 0.29) is 12.5 Å². The number of ether oxygens (including phenoxy) is 1. The highest BCUT2D eigenvalue weighted by Crippen LogP contribution is 2.11. The van der Waals surface area contributed by atoms with Gasteiger partial charge in [-0.15, -0.1) is 0 Å². The molecule has 1 N–H and O–H groups in total. The molecule has 0 bridgehead atoms. The predicted molar refractivity (Wildman–Crippen MR) is 53.6 cm³/mol. The molecule has 76 valence electrons. The summed E-state index contributed by atoms with van der Waals surface area (Å²) in [7, 11) is 0. The van der Waals surface area contributed by atoms with Gasteiger partial charge in [0.2, 0.25) is 0 Å². The number of carbonyl (C=O) groups is 1. The van der Waals surface area contributed by atoms with Crippen LogP contribution < -0.4 is 4.74 Å². The summed E-state index contributed by atoms with van der Waals surface area (Å²) in [6.07, 6.45) is 0.792. The first kappa shape index (κ1) is 10.7. The summed E-state index contributed by atoms with van der Waals surface area (Å²) in [6.45, 7) is 2.50. The number of aliphatic hydroxyl groups is 1. The first-order valence-corrected chi connectivity index (χ1v) is 4.55. The van der Waals surface area contributed by atoms with Crippen molar-refractivity contribution in [2.45, 2.75) is 6.92 Å². The highest BCUT2D eigenvalue weighted by Gasteiger charge is 2.00. The summed E-state index contributed by atoms with van der Waals surface area (Å²) < 4.78 is 5.38. The molecule has 0 amide bonds. The molecular formula is C11H14O3. The van der Waals surface area contributed by atoms with E-state index in [1.165, 1.54) is 0 Å². The van der Waals surface area contributed by atoms with Gasteiger partial charge in [0.05, 0.1) is 6.61 Å². The van der Waals surface area contributed by atoms with E-state index in [1.54, 1.807) is 24.3 Å². The molecule has 0 radical (unpaired) electrons. The van der Waals surface area contributed by atoms with Crippen LogP contribution >= 0.6 is 0 Å². The summed E-state index contributed by atoms with van der Waals surface area (Å²) in [5.41, 5.74) is 0.632. The minimum absolute atomic E-state index is 0.117. The molecule has 1 rings (SSSR count). The molecule has 0 aliphatic rings. The van der Waals surface area contributed by atoms with E-state index in [1.807, 2.05) is 6.92 Å². The van der Waals surface area contributed by atoms with E-state index in [4.69, 9.17) is 9.84 Å². The van der Waals surface area contributed by atoms with E-state index in [0.29, 0.717) is 12.2 Å². The Hall–Kier alpha value is -1.35. The number of rotatable bonds is 5. The SMILES string of the molecule is CC(CO)COc1ccc(C=O)cc1. The summed E-state index contributed by atoms with van der Waals surface area (Å²) in [5, 5.41) is 8.77. The van der Waals surface area contributed by atoms with Crippen molar-refractivity contribution in [1.29, 1.82) is 0 Å². The quantitative estimate of drug-likeness (QED) is 0.722. The Morgan fingerprint density at radius 2 is 2.07 bits per heavy atom. The maximum Gasteiger partial charge on any atom is 0.150 e. The van der Waals surface area contributed by atoms with Crippen LogP contribution in [-0.2, 0) is 0 Å². The molecule has 1 unspecified atom stereocenters. The van der Waals surface area contributed by atoms with Crippen molar-refractivity contribution in [1.82, 2.24) is 0 Å². The fraction of sp³-hybridized carbons (Fsp3) is 0.364. The Labute approximate surface area is 83.3 Å². The molecule has 0 saturated heterocycles. The van der Waals surface area contributed by atoms with Crippen molar-refractivity contribution < 1.29 is 14.6 Å². The molecule has 0 aliphatic carbocycles. The lowest BCUT2D eigenvalue weighted by Gasteiger charge is -2.10. The van der Waals surface area contributed by atoms with Gasteiger partial charge in [-0.1, -0.05) is 6.92 Å². The molecular weight excluding hydrogens is 180 g/mol. The van der Waals surface area contributed by atoms with Crippen LogP contribution in [0.15, 0.2) is 24.3 Å². The third-order valence-electron chi connectivity index (χ3n) is 1.86. The number of carbonyl (C=O) groups excluding carboxylic acids is 1. The zero-order valence-electron chi connectivity index (χ0n) is 8.14. The van der Waals surface area contributed by atoms with Gasteiger partial charge in [-0.05, 0) is 24.3 Å². The Morgan fingerprint density at radius 1 is 1.43 bits per heavy atom. The zero-order chi connectivity index (χ0) is 10.4. The van der Waals surface area contributed by atoms with Gasteiger partial charge in [-0.25, -0.2) is 0 Å². The molecule has 0 saturated carbocycles. The second-order valence-corrected chi connectivity index (χ2v) is 3.29. The first-order valence-electron chi connectivity index (χ1n) is 4.55. The van der Waals surface area contributed by atoms with Crippen molar-refractivity contribution in [3.05, 3.63) is 29.8 Å².